The van der Waals surface area contributed by atoms with Crippen molar-refractivity contribution in [2.24, 2.45) is 0 Å². The van der Waals surface area contributed by atoms with Gasteiger partial charge in [-0.3, -0.25) is 4.79 Å². The van der Waals surface area contributed by atoms with Crippen molar-refractivity contribution in [2.75, 3.05) is 25.5 Å². The van der Waals surface area contributed by atoms with Gasteiger partial charge in [-0.25, -0.2) is 4.79 Å². The van der Waals surface area contributed by atoms with E-state index >= 15 is 0 Å². The van der Waals surface area contributed by atoms with E-state index in [1.54, 1.807) is 19.1 Å². The predicted octanol–water partition coefficient (Wildman–Crippen LogP) is 3.18. The zero-order chi connectivity index (χ0) is 16.4. The van der Waals surface area contributed by atoms with Gasteiger partial charge in [-0.05, 0) is 38.1 Å². The fourth-order valence-corrected chi connectivity index (χ4v) is 3.92. The molecule has 24 heavy (non-hydrogen) atoms. The molecule has 2 aromatic rings. The van der Waals surface area contributed by atoms with Crippen LogP contribution in [0.1, 0.15) is 38.3 Å². The summed E-state index contributed by atoms with van der Waals surface area (Å²) in [5, 5.41) is 3.32. The normalized spacial score (nSPS) is 13.8. The molecule has 1 aliphatic heterocycles. The third-order valence-corrected chi connectivity index (χ3v) is 4.83. The number of amides is 1. The Morgan fingerprint density at radius 1 is 1.46 bits per heavy atom. The molecule has 1 amide bonds. The predicted molar refractivity (Wildman–Crippen MR) is 94.2 cm³/mol. The van der Waals surface area contributed by atoms with Crippen molar-refractivity contribution in [2.45, 2.75) is 19.9 Å². The number of carbonyl (C=O) groups is 2. The lowest BCUT2D eigenvalue weighted by Gasteiger charge is -2.22. The quantitative estimate of drug-likeness (QED) is 0.837. The number of esters is 1. The molecule has 0 unspecified atom stereocenters. The maximum atomic E-state index is 12.3. The zero-order valence-corrected chi connectivity index (χ0v) is 15.1. The molecule has 0 atom stereocenters. The Kier molecular flexibility index (Phi) is 6.04. The van der Waals surface area contributed by atoms with Gasteiger partial charge >= 0.3 is 5.97 Å². The molecule has 130 valence electrons. The van der Waals surface area contributed by atoms with Gasteiger partial charge in [0.1, 0.15) is 5.00 Å². The number of thiophene rings is 1. The monoisotopic (exact) mass is 370 g/mol. The molecule has 0 saturated carbocycles. The first-order valence-electron chi connectivity index (χ1n) is 7.45. The van der Waals surface area contributed by atoms with Gasteiger partial charge in [-0.15, -0.1) is 23.7 Å². The van der Waals surface area contributed by atoms with Crippen LogP contribution in [0, 0.1) is 0 Å². The van der Waals surface area contributed by atoms with Crippen LogP contribution >= 0.6 is 23.7 Å². The van der Waals surface area contributed by atoms with Crippen LogP contribution in [0.3, 0.4) is 0 Å². The van der Waals surface area contributed by atoms with Crippen molar-refractivity contribution in [1.29, 1.82) is 0 Å². The number of hydrogen-bond donors (Lipinski definition) is 1. The first-order chi connectivity index (χ1) is 11.1. The molecule has 0 radical (unpaired) electrons. The third-order valence-electron chi connectivity index (χ3n) is 3.70. The van der Waals surface area contributed by atoms with Gasteiger partial charge in [-0.1, -0.05) is 0 Å². The number of ether oxygens (including phenoxy) is 1. The summed E-state index contributed by atoms with van der Waals surface area (Å²) in [7, 11) is 2.04. The summed E-state index contributed by atoms with van der Waals surface area (Å²) in [5.41, 5.74) is 1.47. The molecule has 0 aliphatic carbocycles. The van der Waals surface area contributed by atoms with Gasteiger partial charge < -0.3 is 19.4 Å². The number of halogens is 1. The summed E-state index contributed by atoms with van der Waals surface area (Å²) in [6.07, 6.45) is 2.21. The Bertz CT molecular complexity index is 727. The van der Waals surface area contributed by atoms with E-state index in [1.807, 2.05) is 7.05 Å². The van der Waals surface area contributed by atoms with E-state index in [2.05, 4.69) is 10.2 Å². The SMILES string of the molecule is CCOC(=O)c1c(NC(=O)c2ccco2)sc2c1CCN(C)C2.Cl. The smallest absolute Gasteiger partial charge is 0.341 e. The summed E-state index contributed by atoms with van der Waals surface area (Å²) in [6.45, 7) is 3.71. The van der Waals surface area contributed by atoms with Gasteiger partial charge in [0.05, 0.1) is 18.4 Å². The van der Waals surface area contributed by atoms with Gasteiger partial charge in [0.25, 0.3) is 5.91 Å². The molecule has 0 aromatic carbocycles. The van der Waals surface area contributed by atoms with Crippen molar-refractivity contribution < 1.29 is 18.7 Å². The molecule has 0 saturated heterocycles. The first kappa shape index (κ1) is 18.5. The fourth-order valence-electron chi connectivity index (χ4n) is 2.61. The topological polar surface area (TPSA) is 71.8 Å². The lowest BCUT2D eigenvalue weighted by Crippen LogP contribution is -2.26. The molecule has 8 heteroatoms. The molecule has 6 nitrogen and oxygen atoms in total. The van der Waals surface area contributed by atoms with Gasteiger partial charge in [0.15, 0.2) is 5.76 Å². The van der Waals surface area contributed by atoms with Crippen molar-refractivity contribution in [1.82, 2.24) is 4.90 Å². The highest BCUT2D eigenvalue weighted by Gasteiger charge is 2.29. The number of hydrogen-bond acceptors (Lipinski definition) is 6. The highest BCUT2D eigenvalue weighted by atomic mass is 35.5. The molecule has 3 rings (SSSR count). The molecule has 2 aromatic heterocycles. The number of nitrogens with one attached hydrogen (secondary N) is 1. The molecule has 3 heterocycles. The Morgan fingerprint density at radius 2 is 2.25 bits per heavy atom. The number of likely N-dealkylation sites (N-methyl/N-ethyl adjacent to an activating group) is 1. The average molecular weight is 371 g/mol. The minimum absolute atomic E-state index is 0. The lowest BCUT2D eigenvalue weighted by atomic mass is 10.0. The van der Waals surface area contributed by atoms with E-state index in [0.29, 0.717) is 17.2 Å². The van der Waals surface area contributed by atoms with E-state index in [-0.39, 0.29) is 30.0 Å². The van der Waals surface area contributed by atoms with Gasteiger partial charge in [0.2, 0.25) is 0 Å². The van der Waals surface area contributed by atoms with Crippen molar-refractivity contribution >= 4 is 40.6 Å². The lowest BCUT2D eigenvalue weighted by molar-refractivity contribution is 0.0526. The Balaban J connectivity index is 0.00000208. The molecular weight excluding hydrogens is 352 g/mol. The highest BCUT2D eigenvalue weighted by Crippen LogP contribution is 2.37. The molecule has 0 fully saturated rings. The standard InChI is InChI=1S/C16H18N2O4S.ClH/c1-3-21-16(20)13-10-6-7-18(2)9-12(10)23-15(13)17-14(19)11-5-4-8-22-11;/h4-5,8H,3,6-7,9H2,1-2H3,(H,17,19);1H. The third kappa shape index (κ3) is 3.63. The molecular formula is C16H19ClN2O4S. The van der Waals surface area contributed by atoms with Crippen LogP contribution in [0.4, 0.5) is 5.00 Å². The van der Waals surface area contributed by atoms with Gasteiger partial charge in [0, 0.05) is 18.0 Å². The Hall–Kier alpha value is -1.83. The van der Waals surface area contributed by atoms with Crippen molar-refractivity contribution in [3.05, 3.63) is 40.2 Å². The van der Waals surface area contributed by atoms with Crippen LogP contribution in [0.5, 0.6) is 0 Å². The second kappa shape index (κ2) is 7.83. The van der Waals surface area contributed by atoms with Gasteiger partial charge in [-0.2, -0.15) is 0 Å². The number of furan rings is 1. The number of nitrogens with zero attached hydrogens (tertiary/aromatic N) is 1. The number of fused-ring (bicyclic) bond motifs is 1. The molecule has 0 spiro atoms. The van der Waals surface area contributed by atoms with E-state index in [0.717, 1.165) is 30.0 Å². The number of rotatable bonds is 4. The van der Waals surface area contributed by atoms with Crippen LogP contribution in [0.25, 0.3) is 0 Å². The van der Waals surface area contributed by atoms with Crippen molar-refractivity contribution in [3.8, 4) is 0 Å². The minimum Gasteiger partial charge on any atom is -0.462 e. The maximum Gasteiger partial charge on any atom is 0.341 e. The van der Waals surface area contributed by atoms with Crippen LogP contribution in [-0.2, 0) is 17.7 Å². The fraction of sp³-hybridized carbons (Fsp3) is 0.375. The second-order valence-electron chi connectivity index (χ2n) is 5.35. The van der Waals surface area contributed by atoms with E-state index in [9.17, 15) is 9.59 Å². The summed E-state index contributed by atoms with van der Waals surface area (Å²) in [5.74, 6) is -0.542. The van der Waals surface area contributed by atoms with E-state index in [4.69, 9.17) is 9.15 Å². The van der Waals surface area contributed by atoms with Crippen LogP contribution in [-0.4, -0.2) is 37.0 Å². The number of carbonyl (C=O) groups excluding carboxylic acids is 2. The maximum absolute atomic E-state index is 12.3. The van der Waals surface area contributed by atoms with E-state index in [1.165, 1.54) is 17.6 Å². The van der Waals surface area contributed by atoms with Crippen LogP contribution in [0.2, 0.25) is 0 Å². The molecule has 1 N–H and O–H groups in total. The summed E-state index contributed by atoms with van der Waals surface area (Å²) in [6, 6.07) is 3.23. The zero-order valence-electron chi connectivity index (χ0n) is 13.5. The minimum atomic E-state index is -0.385. The molecule has 0 bridgehead atoms. The van der Waals surface area contributed by atoms with E-state index < -0.39 is 0 Å². The Labute approximate surface area is 150 Å². The summed E-state index contributed by atoms with van der Waals surface area (Å²) in [4.78, 5) is 27.8. The second-order valence-corrected chi connectivity index (χ2v) is 6.45. The largest absolute Gasteiger partial charge is 0.462 e. The molecule has 1 aliphatic rings. The number of anilines is 1. The first-order valence-corrected chi connectivity index (χ1v) is 8.26. The highest BCUT2D eigenvalue weighted by molar-refractivity contribution is 7.17. The van der Waals surface area contributed by atoms with Crippen LogP contribution < -0.4 is 5.32 Å². The summed E-state index contributed by atoms with van der Waals surface area (Å²) >= 11 is 1.43. The van der Waals surface area contributed by atoms with Crippen molar-refractivity contribution in [3.63, 3.8) is 0 Å². The summed E-state index contributed by atoms with van der Waals surface area (Å²) < 4.78 is 10.3. The average Bonchev–Trinajstić information content (AvgIpc) is 3.14. The Morgan fingerprint density at radius 3 is 2.92 bits per heavy atom. The van der Waals surface area contributed by atoms with Crippen LogP contribution in [0.15, 0.2) is 22.8 Å².